The highest BCUT2D eigenvalue weighted by molar-refractivity contribution is 5.95. The third-order valence-corrected chi connectivity index (χ3v) is 4.57. The van der Waals surface area contributed by atoms with Crippen molar-refractivity contribution < 1.29 is 14.3 Å². The third-order valence-electron chi connectivity index (χ3n) is 4.57. The largest absolute Gasteiger partial charge is 0.497 e. The third kappa shape index (κ3) is 3.90. The maximum Gasteiger partial charge on any atom is 0.254 e. The molecule has 6 nitrogen and oxygen atoms in total. The Bertz CT molecular complexity index is 733. The second-order valence-corrected chi connectivity index (χ2v) is 6.25. The number of ether oxygens (including phenoxy) is 2. The van der Waals surface area contributed by atoms with Gasteiger partial charge >= 0.3 is 0 Å². The molecule has 1 aromatic heterocycles. The molecule has 1 fully saturated rings. The minimum Gasteiger partial charge on any atom is -0.497 e. The molecule has 0 bridgehead atoms. The zero-order valence-corrected chi connectivity index (χ0v) is 14.9. The number of hydrogen-bond donors (Lipinski definition) is 0. The van der Waals surface area contributed by atoms with Crippen LogP contribution in [0.5, 0.6) is 11.5 Å². The molecule has 1 aliphatic heterocycles. The molecule has 2 heterocycles. The van der Waals surface area contributed by atoms with E-state index in [2.05, 4.69) is 9.97 Å². The van der Waals surface area contributed by atoms with Gasteiger partial charge in [-0.2, -0.15) is 0 Å². The maximum absolute atomic E-state index is 12.8. The average molecular weight is 341 g/mol. The van der Waals surface area contributed by atoms with Crippen molar-refractivity contribution in [3.8, 4) is 11.5 Å². The van der Waals surface area contributed by atoms with Crippen LogP contribution >= 0.6 is 0 Å². The summed E-state index contributed by atoms with van der Waals surface area (Å²) in [4.78, 5) is 23.5. The lowest BCUT2D eigenvalue weighted by Gasteiger charge is -2.32. The average Bonchev–Trinajstić information content (AvgIpc) is 2.67. The van der Waals surface area contributed by atoms with Gasteiger partial charge in [0.05, 0.1) is 25.6 Å². The van der Waals surface area contributed by atoms with Crippen LogP contribution in [-0.2, 0) is 0 Å². The minimum absolute atomic E-state index is 0.00553. The molecular formula is C19H23N3O3. The van der Waals surface area contributed by atoms with E-state index in [-0.39, 0.29) is 5.91 Å². The Kier molecular flexibility index (Phi) is 5.16. The molecule has 1 aromatic carbocycles. The van der Waals surface area contributed by atoms with Crippen LogP contribution in [0.2, 0.25) is 0 Å². The number of piperidine rings is 1. The summed E-state index contributed by atoms with van der Waals surface area (Å²) in [7, 11) is 3.16. The molecule has 0 atom stereocenters. The van der Waals surface area contributed by atoms with Crippen LogP contribution in [0.3, 0.4) is 0 Å². The summed E-state index contributed by atoms with van der Waals surface area (Å²) in [6.45, 7) is 3.36. The van der Waals surface area contributed by atoms with Crippen molar-refractivity contribution in [1.82, 2.24) is 14.9 Å². The molecular weight excluding hydrogens is 318 g/mol. The first kappa shape index (κ1) is 17.2. The number of aromatic nitrogens is 2. The lowest BCUT2D eigenvalue weighted by Crippen LogP contribution is -2.38. The predicted octanol–water partition coefficient (Wildman–Crippen LogP) is 2.82. The molecule has 1 amide bonds. The van der Waals surface area contributed by atoms with E-state index in [4.69, 9.17) is 9.47 Å². The van der Waals surface area contributed by atoms with Crippen LogP contribution in [0.25, 0.3) is 0 Å². The van der Waals surface area contributed by atoms with Gasteiger partial charge in [0.15, 0.2) is 0 Å². The van der Waals surface area contributed by atoms with Gasteiger partial charge in [0.25, 0.3) is 5.91 Å². The van der Waals surface area contributed by atoms with Crippen molar-refractivity contribution in [3.63, 3.8) is 0 Å². The predicted molar refractivity (Wildman–Crippen MR) is 94.2 cm³/mol. The van der Waals surface area contributed by atoms with Crippen LogP contribution < -0.4 is 9.47 Å². The second-order valence-electron chi connectivity index (χ2n) is 6.25. The summed E-state index contributed by atoms with van der Waals surface area (Å²) in [5.41, 5.74) is 2.54. The highest BCUT2D eigenvalue weighted by Gasteiger charge is 2.26. The van der Waals surface area contributed by atoms with Gasteiger partial charge in [-0.3, -0.25) is 14.8 Å². The zero-order valence-electron chi connectivity index (χ0n) is 14.9. The van der Waals surface area contributed by atoms with E-state index in [1.807, 2.05) is 18.0 Å². The number of nitrogens with zero attached hydrogens (tertiary/aromatic N) is 3. The first-order chi connectivity index (χ1) is 12.1. The van der Waals surface area contributed by atoms with E-state index >= 15 is 0 Å². The van der Waals surface area contributed by atoms with Gasteiger partial charge in [0, 0.05) is 43.0 Å². The Hall–Kier alpha value is -2.63. The van der Waals surface area contributed by atoms with Crippen molar-refractivity contribution >= 4 is 5.91 Å². The van der Waals surface area contributed by atoms with Crippen LogP contribution in [0.1, 0.15) is 40.5 Å². The van der Waals surface area contributed by atoms with E-state index in [9.17, 15) is 4.79 Å². The SMILES string of the molecule is COc1cc(OC)cc(C(=O)N2CCC(c3cncc(C)n3)CC2)c1. The molecule has 0 aliphatic carbocycles. The van der Waals surface area contributed by atoms with Gasteiger partial charge in [-0.1, -0.05) is 0 Å². The fourth-order valence-corrected chi connectivity index (χ4v) is 3.17. The lowest BCUT2D eigenvalue weighted by atomic mass is 9.93. The van der Waals surface area contributed by atoms with E-state index in [1.165, 1.54) is 0 Å². The molecule has 2 aromatic rings. The second kappa shape index (κ2) is 7.51. The number of benzene rings is 1. The van der Waals surface area contributed by atoms with Crippen molar-refractivity contribution in [2.75, 3.05) is 27.3 Å². The fourth-order valence-electron chi connectivity index (χ4n) is 3.17. The molecule has 0 unspecified atom stereocenters. The van der Waals surface area contributed by atoms with Crippen LogP contribution in [0.15, 0.2) is 30.6 Å². The van der Waals surface area contributed by atoms with E-state index in [0.29, 0.717) is 36.1 Å². The number of methoxy groups -OCH3 is 2. The summed E-state index contributed by atoms with van der Waals surface area (Å²) in [6.07, 6.45) is 5.39. The molecule has 25 heavy (non-hydrogen) atoms. The first-order valence-electron chi connectivity index (χ1n) is 8.41. The highest BCUT2D eigenvalue weighted by Crippen LogP contribution is 2.29. The Balaban J connectivity index is 1.69. The molecule has 0 saturated carbocycles. The molecule has 0 N–H and O–H groups in total. The number of amides is 1. The Morgan fingerprint density at radius 1 is 1.08 bits per heavy atom. The van der Waals surface area contributed by atoms with Crippen molar-refractivity contribution in [2.45, 2.75) is 25.7 Å². The van der Waals surface area contributed by atoms with Gasteiger partial charge in [-0.15, -0.1) is 0 Å². The monoisotopic (exact) mass is 341 g/mol. The maximum atomic E-state index is 12.8. The summed E-state index contributed by atoms with van der Waals surface area (Å²) < 4.78 is 10.5. The molecule has 1 aliphatic rings. The topological polar surface area (TPSA) is 64.6 Å². The molecule has 132 valence electrons. The molecule has 0 spiro atoms. The summed E-state index contributed by atoms with van der Waals surface area (Å²) in [5.74, 6) is 1.60. The number of carbonyl (C=O) groups excluding carboxylic acids is 1. The van der Waals surface area contributed by atoms with Crippen LogP contribution in [0, 0.1) is 6.92 Å². The molecule has 1 saturated heterocycles. The van der Waals surface area contributed by atoms with E-state index < -0.39 is 0 Å². The van der Waals surface area contributed by atoms with Crippen molar-refractivity contribution in [1.29, 1.82) is 0 Å². The number of rotatable bonds is 4. The Morgan fingerprint density at radius 3 is 2.28 bits per heavy atom. The standard InChI is InChI=1S/C19H23N3O3/c1-13-11-20-12-18(21-13)14-4-6-22(7-5-14)19(23)15-8-16(24-2)10-17(9-15)25-3/h8-12,14H,4-7H2,1-3H3. The Labute approximate surface area is 147 Å². The fraction of sp³-hybridized carbons (Fsp3) is 0.421. The number of aryl methyl sites for hydroxylation is 1. The molecule has 6 heteroatoms. The number of carbonyl (C=O) groups is 1. The van der Waals surface area contributed by atoms with Crippen LogP contribution in [0.4, 0.5) is 0 Å². The molecule has 3 rings (SSSR count). The van der Waals surface area contributed by atoms with E-state index in [0.717, 1.165) is 24.2 Å². The summed E-state index contributed by atoms with van der Waals surface area (Å²) in [6, 6.07) is 5.27. The smallest absolute Gasteiger partial charge is 0.254 e. The normalized spacial score (nSPS) is 15.1. The highest BCUT2D eigenvalue weighted by atomic mass is 16.5. The van der Waals surface area contributed by atoms with Gasteiger partial charge in [-0.25, -0.2) is 0 Å². The minimum atomic E-state index is 0.00553. The number of likely N-dealkylation sites (tertiary alicyclic amines) is 1. The van der Waals surface area contributed by atoms with E-state index in [1.54, 1.807) is 38.6 Å². The first-order valence-corrected chi connectivity index (χ1v) is 8.41. The summed E-state index contributed by atoms with van der Waals surface area (Å²) in [5, 5.41) is 0. The van der Waals surface area contributed by atoms with Crippen molar-refractivity contribution in [3.05, 3.63) is 47.5 Å². The van der Waals surface area contributed by atoms with Crippen molar-refractivity contribution in [2.24, 2.45) is 0 Å². The summed E-state index contributed by atoms with van der Waals surface area (Å²) >= 11 is 0. The Morgan fingerprint density at radius 2 is 1.72 bits per heavy atom. The lowest BCUT2D eigenvalue weighted by molar-refractivity contribution is 0.0711. The van der Waals surface area contributed by atoms with Gasteiger partial charge < -0.3 is 14.4 Å². The van der Waals surface area contributed by atoms with Gasteiger partial charge in [0.2, 0.25) is 0 Å². The quantitative estimate of drug-likeness (QED) is 0.855. The zero-order chi connectivity index (χ0) is 17.8. The van der Waals surface area contributed by atoms with Gasteiger partial charge in [0.1, 0.15) is 11.5 Å². The van der Waals surface area contributed by atoms with Crippen LogP contribution in [-0.4, -0.2) is 48.1 Å². The number of hydrogen-bond acceptors (Lipinski definition) is 5. The van der Waals surface area contributed by atoms with Gasteiger partial charge in [-0.05, 0) is 31.9 Å². The molecule has 0 radical (unpaired) electrons.